The number of primary amides is 1. The molecule has 0 bridgehead atoms. The molecule has 10 atom stereocenters. The lowest BCUT2D eigenvalue weighted by molar-refractivity contribution is -0.133. The number of ether oxygens (including phenoxy) is 3. The standard InChI is InChI=1S/C27H43N5O6S/c28-27(35)24-19(9-15(12-29-24)30-18-3-1-2-4-20(18)33)31-16-10-22(39-14-16)17-13-37-26-21(34)11-23(38-25(17)26)32-5-7-36-8-6-32/h11,15-20,22,24-26,29-31,33H,1-10,12-14H2,(H2,28,35)/t15?,16?,17?,18-,19?,20+,22?,24?,25?,26?/m1/s1. The third-order valence-corrected chi connectivity index (χ3v) is 10.8. The fraction of sp³-hybridized carbons (Fsp3) is 0.852. The predicted molar refractivity (Wildman–Crippen MR) is 146 cm³/mol. The van der Waals surface area contributed by atoms with Gasteiger partial charge in [-0.25, -0.2) is 0 Å². The van der Waals surface area contributed by atoms with Gasteiger partial charge in [0.1, 0.15) is 12.1 Å². The van der Waals surface area contributed by atoms with Crippen LogP contribution in [0.1, 0.15) is 38.5 Å². The molecule has 8 unspecified atom stereocenters. The lowest BCUT2D eigenvalue weighted by atomic mass is 9.88. The molecule has 218 valence electrons. The summed E-state index contributed by atoms with van der Waals surface area (Å²) in [6.07, 6.45) is 6.20. The van der Waals surface area contributed by atoms with Crippen molar-refractivity contribution in [3.05, 3.63) is 12.0 Å². The molecule has 1 saturated carbocycles. The van der Waals surface area contributed by atoms with E-state index < -0.39 is 12.1 Å². The van der Waals surface area contributed by atoms with Crippen LogP contribution in [0.3, 0.4) is 0 Å². The van der Waals surface area contributed by atoms with Gasteiger partial charge in [-0.15, -0.1) is 0 Å². The Morgan fingerprint density at radius 3 is 2.72 bits per heavy atom. The van der Waals surface area contributed by atoms with Crippen molar-refractivity contribution in [3.8, 4) is 0 Å². The maximum Gasteiger partial charge on any atom is 0.236 e. The number of hydrogen-bond donors (Lipinski definition) is 5. The number of ketones is 1. The van der Waals surface area contributed by atoms with Crippen LogP contribution in [0.25, 0.3) is 0 Å². The Bertz CT molecular complexity index is 934. The SMILES string of the molecule is NC(=O)C1NCC(N[C@@H]2CCCC[C@@H]2O)CC1NC1CSC(C2COC3C(=O)C=C(N4CCOCC4)OC32)C1. The zero-order valence-electron chi connectivity index (χ0n) is 22.5. The average molecular weight is 566 g/mol. The number of carbonyl (C=O) groups excluding carboxylic acids is 2. The van der Waals surface area contributed by atoms with E-state index in [0.717, 1.165) is 57.4 Å². The number of carbonyl (C=O) groups is 2. The smallest absolute Gasteiger partial charge is 0.236 e. The minimum absolute atomic E-state index is 0.00730. The van der Waals surface area contributed by atoms with Crippen LogP contribution in [0.4, 0.5) is 0 Å². The molecule has 0 aromatic rings. The fourth-order valence-electron chi connectivity index (χ4n) is 7.18. The minimum Gasteiger partial charge on any atom is -0.472 e. The van der Waals surface area contributed by atoms with Crippen LogP contribution < -0.4 is 21.7 Å². The van der Waals surface area contributed by atoms with Crippen LogP contribution in [0.2, 0.25) is 0 Å². The molecule has 1 amide bonds. The van der Waals surface area contributed by atoms with Crippen molar-refractivity contribution in [1.82, 2.24) is 20.9 Å². The van der Waals surface area contributed by atoms with Crippen LogP contribution in [0.15, 0.2) is 12.0 Å². The number of fused-ring (bicyclic) bond motifs is 1. The van der Waals surface area contributed by atoms with Crippen molar-refractivity contribution in [2.75, 3.05) is 45.2 Å². The Hall–Kier alpha value is -1.41. The second-order valence-corrected chi connectivity index (χ2v) is 13.2. The highest BCUT2D eigenvalue weighted by molar-refractivity contribution is 8.00. The Kier molecular flexibility index (Phi) is 8.69. The van der Waals surface area contributed by atoms with Gasteiger partial charge in [0, 0.05) is 66.8 Å². The molecule has 6 N–H and O–H groups in total. The zero-order chi connectivity index (χ0) is 26.9. The number of aliphatic hydroxyl groups is 1. The molecule has 6 rings (SSSR count). The van der Waals surface area contributed by atoms with Gasteiger partial charge in [-0.2, -0.15) is 11.8 Å². The number of thioether (sulfide) groups is 1. The molecule has 6 aliphatic rings. The average Bonchev–Trinajstić information content (AvgIpc) is 3.58. The van der Waals surface area contributed by atoms with Gasteiger partial charge < -0.3 is 45.9 Å². The first kappa shape index (κ1) is 27.7. The van der Waals surface area contributed by atoms with Crippen molar-refractivity contribution in [2.24, 2.45) is 11.7 Å². The van der Waals surface area contributed by atoms with E-state index in [-0.39, 0.29) is 54.0 Å². The maximum absolute atomic E-state index is 12.9. The van der Waals surface area contributed by atoms with E-state index in [0.29, 0.717) is 37.5 Å². The normalized spacial score (nSPS) is 43.1. The quantitative estimate of drug-likeness (QED) is 0.261. The molecule has 5 heterocycles. The first-order valence-corrected chi connectivity index (χ1v) is 15.7. The molecule has 1 aliphatic carbocycles. The van der Waals surface area contributed by atoms with Gasteiger partial charge in [-0.05, 0) is 25.7 Å². The number of morpholine rings is 1. The molecular weight excluding hydrogens is 522 g/mol. The van der Waals surface area contributed by atoms with Crippen molar-refractivity contribution < 1.29 is 28.9 Å². The summed E-state index contributed by atoms with van der Waals surface area (Å²) in [7, 11) is 0. The van der Waals surface area contributed by atoms with Crippen molar-refractivity contribution >= 4 is 23.5 Å². The van der Waals surface area contributed by atoms with Crippen LogP contribution in [-0.4, -0.2) is 121 Å². The highest BCUT2D eigenvalue weighted by Gasteiger charge is 2.51. The van der Waals surface area contributed by atoms with E-state index in [1.165, 1.54) is 0 Å². The third-order valence-electron chi connectivity index (χ3n) is 9.28. The van der Waals surface area contributed by atoms with Gasteiger partial charge in [0.25, 0.3) is 0 Å². The number of rotatable bonds is 7. The van der Waals surface area contributed by atoms with E-state index in [1.807, 2.05) is 11.8 Å². The largest absolute Gasteiger partial charge is 0.472 e. The van der Waals surface area contributed by atoms with Gasteiger partial charge in [0.2, 0.25) is 5.91 Å². The lowest BCUT2D eigenvalue weighted by Gasteiger charge is -2.40. The van der Waals surface area contributed by atoms with Gasteiger partial charge in [0.15, 0.2) is 17.8 Å². The van der Waals surface area contributed by atoms with E-state index in [9.17, 15) is 14.7 Å². The van der Waals surface area contributed by atoms with Gasteiger partial charge in [-0.3, -0.25) is 9.59 Å². The summed E-state index contributed by atoms with van der Waals surface area (Å²) < 4.78 is 17.8. The highest BCUT2D eigenvalue weighted by Crippen LogP contribution is 2.42. The molecule has 0 spiro atoms. The van der Waals surface area contributed by atoms with Crippen molar-refractivity contribution in [3.63, 3.8) is 0 Å². The summed E-state index contributed by atoms with van der Waals surface area (Å²) in [5.74, 6) is 1.35. The zero-order valence-corrected chi connectivity index (χ0v) is 23.3. The molecule has 5 fully saturated rings. The molecule has 0 aromatic heterocycles. The Labute approximate surface area is 234 Å². The minimum atomic E-state index is -0.531. The van der Waals surface area contributed by atoms with Gasteiger partial charge >= 0.3 is 0 Å². The van der Waals surface area contributed by atoms with Crippen LogP contribution in [0, 0.1) is 5.92 Å². The Balaban J connectivity index is 1.06. The van der Waals surface area contributed by atoms with E-state index >= 15 is 0 Å². The monoisotopic (exact) mass is 565 g/mol. The number of piperidine rings is 1. The summed E-state index contributed by atoms with van der Waals surface area (Å²) >= 11 is 1.90. The number of hydrogen-bond acceptors (Lipinski definition) is 11. The highest BCUT2D eigenvalue weighted by atomic mass is 32.2. The number of nitrogens with two attached hydrogens (primary N) is 1. The van der Waals surface area contributed by atoms with Crippen LogP contribution >= 0.6 is 11.8 Å². The summed E-state index contributed by atoms with van der Waals surface area (Å²) in [5, 5.41) is 21.5. The summed E-state index contributed by atoms with van der Waals surface area (Å²) in [5.41, 5.74) is 5.78. The second-order valence-electron chi connectivity index (χ2n) is 11.9. The summed E-state index contributed by atoms with van der Waals surface area (Å²) in [6, 6.07) is -0.0254. The van der Waals surface area contributed by atoms with E-state index in [4.69, 9.17) is 19.9 Å². The number of amides is 1. The molecule has 12 heteroatoms. The fourth-order valence-corrected chi connectivity index (χ4v) is 8.74. The number of aliphatic hydroxyl groups excluding tert-OH is 1. The topological polar surface area (TPSA) is 147 Å². The molecule has 11 nitrogen and oxygen atoms in total. The van der Waals surface area contributed by atoms with Gasteiger partial charge in [-0.1, -0.05) is 12.8 Å². The number of nitrogens with one attached hydrogen (secondary N) is 3. The lowest BCUT2D eigenvalue weighted by Crippen LogP contribution is -2.66. The summed E-state index contributed by atoms with van der Waals surface area (Å²) in [4.78, 5) is 27.3. The molecule has 0 radical (unpaired) electrons. The Morgan fingerprint density at radius 2 is 1.92 bits per heavy atom. The predicted octanol–water partition coefficient (Wildman–Crippen LogP) is -0.916. The van der Waals surface area contributed by atoms with Gasteiger partial charge in [0.05, 0.1) is 25.9 Å². The van der Waals surface area contributed by atoms with E-state index in [1.54, 1.807) is 6.08 Å². The van der Waals surface area contributed by atoms with Crippen molar-refractivity contribution in [2.45, 2.75) is 92.3 Å². The van der Waals surface area contributed by atoms with Crippen LogP contribution in [0.5, 0.6) is 0 Å². The first-order valence-electron chi connectivity index (χ1n) is 14.7. The second kappa shape index (κ2) is 12.2. The molecular formula is C27H43N5O6S. The maximum atomic E-state index is 12.9. The summed E-state index contributed by atoms with van der Waals surface area (Å²) in [6.45, 7) is 3.88. The molecule has 5 aliphatic heterocycles. The first-order chi connectivity index (χ1) is 19.0. The van der Waals surface area contributed by atoms with Crippen molar-refractivity contribution in [1.29, 1.82) is 0 Å². The molecule has 4 saturated heterocycles. The third kappa shape index (κ3) is 6.12. The van der Waals surface area contributed by atoms with Crippen LogP contribution in [-0.2, 0) is 23.8 Å². The molecule has 0 aromatic carbocycles. The number of nitrogens with zero attached hydrogens (tertiary/aromatic N) is 1. The van der Waals surface area contributed by atoms with E-state index in [2.05, 4.69) is 20.9 Å². The molecule has 39 heavy (non-hydrogen) atoms. The Morgan fingerprint density at radius 1 is 1.13 bits per heavy atom.